The topological polar surface area (TPSA) is 60.4 Å². The van der Waals surface area contributed by atoms with E-state index in [-0.39, 0.29) is 28.0 Å². The molecule has 7 heteroatoms. The number of hydrogen-bond donors (Lipinski definition) is 0. The molecule has 0 aliphatic rings. The predicted octanol–water partition coefficient (Wildman–Crippen LogP) is 6.16. The lowest BCUT2D eigenvalue weighted by Gasteiger charge is -2.16. The van der Waals surface area contributed by atoms with E-state index in [1.54, 1.807) is 18.2 Å². The molecule has 0 spiro atoms. The summed E-state index contributed by atoms with van der Waals surface area (Å²) in [6.45, 7) is 1.86. The first-order chi connectivity index (χ1) is 15.7. The van der Waals surface area contributed by atoms with Crippen LogP contribution in [0.2, 0.25) is 5.02 Å². The van der Waals surface area contributed by atoms with Crippen molar-refractivity contribution in [2.45, 2.75) is 23.1 Å². The maximum atomic E-state index is 14.1. The van der Waals surface area contributed by atoms with Crippen LogP contribution in [0.25, 0.3) is 21.9 Å². The van der Waals surface area contributed by atoms with E-state index in [2.05, 4.69) is 0 Å². The monoisotopic (exact) mass is 482 g/mol. The lowest BCUT2D eigenvalue weighted by molar-refractivity contribution is -0.139. The van der Waals surface area contributed by atoms with Crippen LogP contribution in [0.15, 0.2) is 82.6 Å². The van der Waals surface area contributed by atoms with Crippen LogP contribution in [-0.4, -0.2) is 21.5 Å². The van der Waals surface area contributed by atoms with E-state index in [1.807, 2.05) is 13.0 Å². The average molecular weight is 483 g/mol. The summed E-state index contributed by atoms with van der Waals surface area (Å²) in [6, 6.07) is 18.7. The normalized spacial score (nSPS) is 11.5. The van der Waals surface area contributed by atoms with Gasteiger partial charge in [0.15, 0.2) is 0 Å². The zero-order valence-corrected chi connectivity index (χ0v) is 19.5. The molecule has 0 N–H and O–H groups in total. The van der Waals surface area contributed by atoms with Gasteiger partial charge in [0.2, 0.25) is 9.84 Å². The molecule has 4 aromatic rings. The SMILES string of the molecule is COC(=O)Cc1cc2ccc(F)cc2c(-c2ccc(S(=O)(=O)c3ccc(Cl)cc3)cc2)c1C. The molecule has 0 amide bonds. The molecule has 0 heterocycles. The number of fused-ring (bicyclic) bond motifs is 1. The van der Waals surface area contributed by atoms with Crippen LogP contribution in [0, 0.1) is 12.7 Å². The van der Waals surface area contributed by atoms with Crippen molar-refractivity contribution in [3.05, 3.63) is 94.8 Å². The molecule has 0 aromatic heterocycles. The number of ether oxygens (including phenoxy) is 1. The van der Waals surface area contributed by atoms with Gasteiger partial charge in [-0.2, -0.15) is 0 Å². The third kappa shape index (κ3) is 4.49. The van der Waals surface area contributed by atoms with Gasteiger partial charge in [-0.1, -0.05) is 35.9 Å². The van der Waals surface area contributed by atoms with Crippen LogP contribution >= 0.6 is 11.6 Å². The molecule has 0 unspecified atom stereocenters. The maximum absolute atomic E-state index is 14.1. The minimum Gasteiger partial charge on any atom is -0.469 e. The minimum atomic E-state index is -3.72. The second-order valence-corrected chi connectivity index (χ2v) is 10.0. The summed E-state index contributed by atoms with van der Waals surface area (Å²) in [5.74, 6) is -0.763. The van der Waals surface area contributed by atoms with E-state index < -0.39 is 9.84 Å². The summed E-state index contributed by atoms with van der Waals surface area (Å²) in [5, 5.41) is 1.90. The summed E-state index contributed by atoms with van der Waals surface area (Å²) in [4.78, 5) is 12.2. The summed E-state index contributed by atoms with van der Waals surface area (Å²) >= 11 is 5.87. The number of sulfone groups is 1. The van der Waals surface area contributed by atoms with Gasteiger partial charge in [0.25, 0.3) is 0 Å². The fourth-order valence-electron chi connectivity index (χ4n) is 3.86. The number of carbonyl (C=O) groups is 1. The molecular weight excluding hydrogens is 463 g/mol. The van der Waals surface area contributed by atoms with Crippen molar-refractivity contribution in [1.29, 1.82) is 0 Å². The number of benzene rings is 4. The van der Waals surface area contributed by atoms with E-state index in [4.69, 9.17) is 16.3 Å². The molecule has 33 heavy (non-hydrogen) atoms. The van der Waals surface area contributed by atoms with Gasteiger partial charge >= 0.3 is 5.97 Å². The Morgan fingerprint density at radius 1 is 0.939 bits per heavy atom. The van der Waals surface area contributed by atoms with E-state index >= 15 is 0 Å². The minimum absolute atomic E-state index is 0.0751. The molecule has 0 aliphatic carbocycles. The molecule has 0 atom stereocenters. The lowest BCUT2D eigenvalue weighted by atomic mass is 9.89. The van der Waals surface area contributed by atoms with Crippen molar-refractivity contribution in [1.82, 2.24) is 0 Å². The second kappa shape index (κ2) is 8.96. The van der Waals surface area contributed by atoms with Crippen molar-refractivity contribution in [3.8, 4) is 11.1 Å². The van der Waals surface area contributed by atoms with Gasteiger partial charge in [0.1, 0.15) is 5.82 Å². The molecule has 0 saturated heterocycles. The number of halogens is 2. The fourth-order valence-corrected chi connectivity index (χ4v) is 5.25. The Morgan fingerprint density at radius 2 is 1.55 bits per heavy atom. The van der Waals surface area contributed by atoms with Crippen LogP contribution in [0.1, 0.15) is 11.1 Å². The first kappa shape index (κ1) is 23.0. The highest BCUT2D eigenvalue weighted by atomic mass is 35.5. The van der Waals surface area contributed by atoms with Crippen LogP contribution in [0.3, 0.4) is 0 Å². The number of rotatable bonds is 5. The average Bonchev–Trinajstić information content (AvgIpc) is 2.80. The standard InChI is InChI=1S/C26H20ClFO4S/c1-16-19(14-25(29)32-2)13-18-3-8-21(28)15-24(18)26(16)17-4-9-22(10-5-17)33(30,31)23-11-6-20(27)7-12-23/h3-13,15H,14H2,1-2H3. The highest BCUT2D eigenvalue weighted by Crippen LogP contribution is 2.36. The molecule has 0 bridgehead atoms. The molecule has 4 nitrogen and oxygen atoms in total. The molecule has 0 saturated carbocycles. The maximum Gasteiger partial charge on any atom is 0.309 e. The van der Waals surface area contributed by atoms with Gasteiger partial charge in [-0.05, 0) is 88.5 Å². The second-order valence-electron chi connectivity index (χ2n) is 7.64. The third-order valence-electron chi connectivity index (χ3n) is 5.61. The van der Waals surface area contributed by atoms with E-state index in [0.717, 1.165) is 22.1 Å². The van der Waals surface area contributed by atoms with Crippen LogP contribution in [0.5, 0.6) is 0 Å². The van der Waals surface area contributed by atoms with Crippen molar-refractivity contribution in [3.63, 3.8) is 0 Å². The quantitative estimate of drug-likeness (QED) is 0.320. The highest BCUT2D eigenvalue weighted by molar-refractivity contribution is 7.91. The highest BCUT2D eigenvalue weighted by Gasteiger charge is 2.19. The first-order valence-corrected chi connectivity index (χ1v) is 12.0. The van der Waals surface area contributed by atoms with Gasteiger partial charge in [0.05, 0.1) is 23.3 Å². The Bertz CT molecular complexity index is 1460. The summed E-state index contributed by atoms with van der Waals surface area (Å²) < 4.78 is 44.9. The Balaban J connectivity index is 1.85. The van der Waals surface area contributed by atoms with Crippen molar-refractivity contribution < 1.29 is 22.3 Å². The molecule has 4 rings (SSSR count). The van der Waals surface area contributed by atoms with Gasteiger partial charge in [-0.15, -0.1) is 0 Å². The number of carbonyl (C=O) groups excluding carboxylic acids is 1. The summed E-state index contributed by atoms with van der Waals surface area (Å²) in [6.07, 6.45) is 0.0751. The Labute approximate surface area is 196 Å². The zero-order chi connectivity index (χ0) is 23.8. The first-order valence-electron chi connectivity index (χ1n) is 10.1. The van der Waals surface area contributed by atoms with Gasteiger partial charge < -0.3 is 4.74 Å². The molecule has 168 valence electrons. The Morgan fingerprint density at radius 3 is 2.15 bits per heavy atom. The molecule has 0 fully saturated rings. The van der Waals surface area contributed by atoms with Crippen LogP contribution in [0.4, 0.5) is 4.39 Å². The zero-order valence-electron chi connectivity index (χ0n) is 17.9. The number of esters is 1. The van der Waals surface area contributed by atoms with Crippen molar-refractivity contribution in [2.24, 2.45) is 0 Å². The van der Waals surface area contributed by atoms with E-state index in [1.165, 1.54) is 55.6 Å². The van der Waals surface area contributed by atoms with Gasteiger partial charge in [0, 0.05) is 5.02 Å². The predicted molar refractivity (Wildman–Crippen MR) is 127 cm³/mol. The number of methoxy groups -OCH3 is 1. The molecule has 0 radical (unpaired) electrons. The Kier molecular flexibility index (Phi) is 6.23. The van der Waals surface area contributed by atoms with E-state index in [0.29, 0.717) is 16.0 Å². The summed E-state index contributed by atoms with van der Waals surface area (Å²) in [7, 11) is -2.39. The van der Waals surface area contributed by atoms with Crippen molar-refractivity contribution in [2.75, 3.05) is 7.11 Å². The molecule has 4 aromatic carbocycles. The van der Waals surface area contributed by atoms with Crippen LogP contribution in [-0.2, 0) is 25.8 Å². The summed E-state index contributed by atoms with van der Waals surface area (Å²) in [5.41, 5.74) is 3.01. The number of hydrogen-bond acceptors (Lipinski definition) is 4. The lowest BCUT2D eigenvalue weighted by Crippen LogP contribution is -2.07. The molecular formula is C26H20ClFO4S. The van der Waals surface area contributed by atoms with E-state index in [9.17, 15) is 17.6 Å². The molecule has 0 aliphatic heterocycles. The smallest absolute Gasteiger partial charge is 0.309 e. The fraction of sp³-hybridized carbons (Fsp3) is 0.115. The van der Waals surface area contributed by atoms with Gasteiger partial charge in [-0.25, -0.2) is 12.8 Å². The van der Waals surface area contributed by atoms with Gasteiger partial charge in [-0.3, -0.25) is 4.79 Å². The Hall–Kier alpha value is -3.22. The van der Waals surface area contributed by atoms with Crippen LogP contribution < -0.4 is 0 Å². The van der Waals surface area contributed by atoms with Crippen molar-refractivity contribution >= 4 is 38.2 Å². The largest absolute Gasteiger partial charge is 0.469 e. The third-order valence-corrected chi connectivity index (χ3v) is 7.65.